The molecular formula is C25H18BrCl2NO6S. The number of amides is 1. The first-order chi connectivity index (χ1) is 17.2. The highest BCUT2D eigenvalue weighted by Gasteiger charge is 2.21. The van der Waals surface area contributed by atoms with E-state index in [1.807, 2.05) is 0 Å². The molecule has 1 aromatic heterocycles. The molecule has 0 atom stereocenters. The minimum atomic E-state index is -3.89. The topological polar surface area (TPSA) is 94.8 Å². The van der Waals surface area contributed by atoms with Crippen molar-refractivity contribution in [3.8, 4) is 11.5 Å². The molecule has 0 fully saturated rings. The van der Waals surface area contributed by atoms with Gasteiger partial charge in [-0.2, -0.15) is 0 Å². The maximum Gasteiger partial charge on any atom is 0.291 e. The number of ether oxygens (including phenoxy) is 2. The smallest absolute Gasteiger partial charge is 0.291 e. The van der Waals surface area contributed by atoms with E-state index in [2.05, 4.69) is 21.2 Å². The summed E-state index contributed by atoms with van der Waals surface area (Å²) < 4.78 is 43.5. The number of nitrogens with one attached hydrogen (secondary N) is 1. The van der Waals surface area contributed by atoms with Gasteiger partial charge in [-0.3, -0.25) is 4.79 Å². The summed E-state index contributed by atoms with van der Waals surface area (Å²) in [6.45, 7) is 0.0529. The fourth-order valence-corrected chi connectivity index (χ4v) is 5.35. The minimum Gasteiger partial charge on any atom is -0.497 e. The highest BCUT2D eigenvalue weighted by Crippen LogP contribution is 2.30. The molecular weight excluding hydrogens is 593 g/mol. The van der Waals surface area contributed by atoms with Gasteiger partial charge in [-0.15, -0.1) is 0 Å². The molecule has 0 aliphatic carbocycles. The van der Waals surface area contributed by atoms with Crippen LogP contribution in [0.4, 0.5) is 5.69 Å². The van der Waals surface area contributed by atoms with Crippen molar-refractivity contribution in [2.24, 2.45) is 0 Å². The van der Waals surface area contributed by atoms with Crippen molar-refractivity contribution in [2.75, 3.05) is 12.4 Å². The lowest BCUT2D eigenvalue weighted by atomic mass is 10.3. The standard InChI is InChI=1S/C25H18BrCl2NO6S/c1-33-19-11-17(12-21(13-19)36(31,32)20-6-3-16(27)4-7-20)29-25(30)24-9-5-18(35-24)14-34-23-8-2-15(26)10-22(23)28/h2-13H,14H2,1H3,(H,29,30). The van der Waals surface area contributed by atoms with Crippen LogP contribution in [-0.2, 0) is 16.4 Å². The Labute approximate surface area is 226 Å². The number of sulfone groups is 1. The quantitative estimate of drug-likeness (QED) is 0.230. The van der Waals surface area contributed by atoms with Gasteiger partial charge in [0.1, 0.15) is 23.9 Å². The second kappa shape index (κ2) is 11.0. The van der Waals surface area contributed by atoms with Gasteiger partial charge in [0.2, 0.25) is 9.84 Å². The maximum absolute atomic E-state index is 13.1. The molecule has 0 aliphatic heterocycles. The van der Waals surface area contributed by atoms with E-state index in [0.29, 0.717) is 21.6 Å². The molecule has 0 bridgehead atoms. The average Bonchev–Trinajstić information content (AvgIpc) is 3.33. The fourth-order valence-electron chi connectivity index (χ4n) is 3.18. The normalized spacial score (nSPS) is 11.2. The number of anilines is 1. The Balaban J connectivity index is 1.50. The molecule has 36 heavy (non-hydrogen) atoms. The summed E-state index contributed by atoms with van der Waals surface area (Å²) in [5.74, 6) is 0.551. The number of rotatable bonds is 8. The van der Waals surface area contributed by atoms with E-state index in [1.165, 1.54) is 55.6 Å². The molecule has 1 heterocycles. The van der Waals surface area contributed by atoms with E-state index in [0.717, 1.165) is 4.47 Å². The van der Waals surface area contributed by atoms with Crippen molar-refractivity contribution in [2.45, 2.75) is 16.4 Å². The van der Waals surface area contributed by atoms with Crippen molar-refractivity contribution in [3.05, 3.63) is 98.8 Å². The number of carbonyl (C=O) groups is 1. The van der Waals surface area contributed by atoms with Crippen molar-refractivity contribution < 1.29 is 27.1 Å². The third kappa shape index (κ3) is 6.04. The number of methoxy groups -OCH3 is 1. The van der Waals surface area contributed by atoms with E-state index >= 15 is 0 Å². The van der Waals surface area contributed by atoms with Gasteiger partial charge in [0, 0.05) is 21.2 Å². The molecule has 4 rings (SSSR count). The molecule has 4 aromatic rings. The molecule has 1 N–H and O–H groups in total. The first kappa shape index (κ1) is 26.1. The fraction of sp³-hybridized carbons (Fsp3) is 0.0800. The van der Waals surface area contributed by atoms with E-state index in [9.17, 15) is 13.2 Å². The van der Waals surface area contributed by atoms with Crippen LogP contribution in [0.3, 0.4) is 0 Å². The van der Waals surface area contributed by atoms with Gasteiger partial charge in [0.15, 0.2) is 5.76 Å². The third-order valence-corrected chi connectivity index (χ3v) is 7.75. The van der Waals surface area contributed by atoms with Crippen LogP contribution in [0.5, 0.6) is 11.5 Å². The molecule has 0 saturated heterocycles. The Morgan fingerprint density at radius 3 is 2.42 bits per heavy atom. The molecule has 0 unspecified atom stereocenters. The van der Waals surface area contributed by atoms with Gasteiger partial charge in [0.05, 0.1) is 21.9 Å². The van der Waals surface area contributed by atoms with E-state index in [4.69, 9.17) is 37.1 Å². The van der Waals surface area contributed by atoms with Crippen LogP contribution < -0.4 is 14.8 Å². The summed E-state index contributed by atoms with van der Waals surface area (Å²) in [5, 5.41) is 3.48. The SMILES string of the molecule is COc1cc(NC(=O)c2ccc(COc3ccc(Br)cc3Cl)o2)cc(S(=O)(=O)c2ccc(Cl)cc2)c1. The van der Waals surface area contributed by atoms with Crippen LogP contribution in [0.15, 0.2) is 91.5 Å². The van der Waals surface area contributed by atoms with Gasteiger partial charge < -0.3 is 19.2 Å². The van der Waals surface area contributed by atoms with Gasteiger partial charge in [-0.25, -0.2) is 8.42 Å². The second-order valence-corrected chi connectivity index (χ2v) is 11.1. The van der Waals surface area contributed by atoms with E-state index in [1.54, 1.807) is 24.3 Å². The number of furan rings is 1. The van der Waals surface area contributed by atoms with Crippen LogP contribution in [0.2, 0.25) is 10.0 Å². The average molecular weight is 611 g/mol. The Bertz CT molecular complexity index is 1520. The van der Waals surface area contributed by atoms with E-state index < -0.39 is 15.7 Å². The molecule has 0 radical (unpaired) electrons. The largest absolute Gasteiger partial charge is 0.497 e. The predicted octanol–water partition coefficient (Wildman–Crippen LogP) is 7.02. The molecule has 3 aromatic carbocycles. The third-order valence-electron chi connectivity index (χ3n) is 4.96. The van der Waals surface area contributed by atoms with Crippen molar-refractivity contribution in [3.63, 3.8) is 0 Å². The first-order valence-corrected chi connectivity index (χ1v) is 13.4. The molecule has 0 aliphatic rings. The summed E-state index contributed by atoms with van der Waals surface area (Å²) in [4.78, 5) is 12.8. The number of carbonyl (C=O) groups excluding carboxylic acids is 1. The number of halogens is 3. The zero-order valence-electron chi connectivity index (χ0n) is 18.6. The molecule has 186 valence electrons. The monoisotopic (exact) mass is 609 g/mol. The zero-order valence-corrected chi connectivity index (χ0v) is 22.5. The lowest BCUT2D eigenvalue weighted by Gasteiger charge is -2.11. The summed E-state index contributed by atoms with van der Waals surface area (Å²) in [5.41, 5.74) is 0.211. The highest BCUT2D eigenvalue weighted by atomic mass is 79.9. The van der Waals surface area contributed by atoms with Gasteiger partial charge in [0.25, 0.3) is 5.91 Å². The van der Waals surface area contributed by atoms with Crippen molar-refractivity contribution in [1.29, 1.82) is 0 Å². The van der Waals surface area contributed by atoms with Crippen LogP contribution in [-0.4, -0.2) is 21.4 Å². The molecule has 1 amide bonds. The number of hydrogen-bond acceptors (Lipinski definition) is 6. The summed E-state index contributed by atoms with van der Waals surface area (Å²) in [6, 6.07) is 18.3. The van der Waals surface area contributed by atoms with Crippen LogP contribution in [0.1, 0.15) is 16.3 Å². The van der Waals surface area contributed by atoms with Crippen LogP contribution in [0, 0.1) is 0 Å². The lowest BCUT2D eigenvalue weighted by Crippen LogP contribution is -2.12. The first-order valence-electron chi connectivity index (χ1n) is 10.3. The van der Waals surface area contributed by atoms with Crippen LogP contribution in [0.25, 0.3) is 0 Å². The van der Waals surface area contributed by atoms with Crippen LogP contribution >= 0.6 is 39.1 Å². The number of hydrogen-bond donors (Lipinski definition) is 1. The van der Waals surface area contributed by atoms with E-state index in [-0.39, 0.29) is 33.6 Å². The van der Waals surface area contributed by atoms with Crippen molar-refractivity contribution >= 4 is 60.6 Å². The van der Waals surface area contributed by atoms with Gasteiger partial charge >= 0.3 is 0 Å². The predicted molar refractivity (Wildman–Crippen MR) is 140 cm³/mol. The van der Waals surface area contributed by atoms with Gasteiger partial charge in [-0.05, 0) is 66.7 Å². The summed E-state index contributed by atoms with van der Waals surface area (Å²) in [6.07, 6.45) is 0. The Morgan fingerprint density at radius 2 is 1.72 bits per heavy atom. The van der Waals surface area contributed by atoms with Gasteiger partial charge in [-0.1, -0.05) is 39.1 Å². The molecule has 0 spiro atoms. The summed E-state index contributed by atoms with van der Waals surface area (Å²) in [7, 11) is -2.49. The lowest BCUT2D eigenvalue weighted by molar-refractivity contribution is 0.0992. The van der Waals surface area contributed by atoms with Crippen molar-refractivity contribution in [1.82, 2.24) is 0 Å². The second-order valence-electron chi connectivity index (χ2n) is 7.44. The zero-order chi connectivity index (χ0) is 25.9. The maximum atomic E-state index is 13.1. The molecule has 7 nitrogen and oxygen atoms in total. The Hall–Kier alpha value is -2.98. The Kier molecular flexibility index (Phi) is 7.94. The summed E-state index contributed by atoms with van der Waals surface area (Å²) >= 11 is 15.4. The number of benzene rings is 3. The molecule has 0 saturated carbocycles. The minimum absolute atomic E-state index is 0.0143. The molecule has 11 heteroatoms. The Morgan fingerprint density at radius 1 is 0.972 bits per heavy atom. The highest BCUT2D eigenvalue weighted by molar-refractivity contribution is 9.10.